The summed E-state index contributed by atoms with van der Waals surface area (Å²) in [6.45, 7) is 10.2. The quantitative estimate of drug-likeness (QED) is 0.568. The third-order valence-electron chi connectivity index (χ3n) is 2.14. The van der Waals surface area contributed by atoms with Crippen molar-refractivity contribution in [3.63, 3.8) is 0 Å². The Bertz CT molecular complexity index is 140. The number of methoxy groups -OCH3 is 2. The molecular formula is C10H21NO2. The molecular weight excluding hydrogens is 166 g/mol. The summed E-state index contributed by atoms with van der Waals surface area (Å²) >= 11 is 0. The van der Waals surface area contributed by atoms with Crippen LogP contribution >= 0.6 is 0 Å². The third kappa shape index (κ3) is 4.29. The molecule has 0 heterocycles. The van der Waals surface area contributed by atoms with Crippen molar-refractivity contribution < 1.29 is 9.47 Å². The summed E-state index contributed by atoms with van der Waals surface area (Å²) in [7, 11) is 3.29. The van der Waals surface area contributed by atoms with Crippen LogP contribution in [0.2, 0.25) is 0 Å². The van der Waals surface area contributed by atoms with E-state index in [1.54, 1.807) is 14.2 Å². The molecule has 0 spiro atoms. The van der Waals surface area contributed by atoms with E-state index in [1.807, 2.05) is 0 Å². The van der Waals surface area contributed by atoms with Gasteiger partial charge in [-0.05, 0) is 13.8 Å². The van der Waals surface area contributed by atoms with Crippen molar-refractivity contribution in [1.82, 2.24) is 4.90 Å². The van der Waals surface area contributed by atoms with Crippen LogP contribution in [0.15, 0.2) is 12.3 Å². The summed E-state index contributed by atoms with van der Waals surface area (Å²) in [6, 6.07) is 0. The van der Waals surface area contributed by atoms with Gasteiger partial charge in [-0.15, -0.1) is 0 Å². The van der Waals surface area contributed by atoms with Gasteiger partial charge in [0.2, 0.25) is 0 Å². The standard InChI is InChI=1S/C10H21NO2/c1-6-11(7-2)9(3)8-10(12-4)13-5/h10H,3,6-8H2,1-2,4-5H3. The Morgan fingerprint density at radius 3 is 2.00 bits per heavy atom. The number of nitrogens with zero attached hydrogens (tertiary/aromatic N) is 1. The fourth-order valence-corrected chi connectivity index (χ4v) is 1.26. The number of rotatable bonds is 7. The second-order valence-corrected chi connectivity index (χ2v) is 2.84. The summed E-state index contributed by atoms with van der Waals surface area (Å²) in [6.07, 6.45) is 0.558. The third-order valence-corrected chi connectivity index (χ3v) is 2.14. The first kappa shape index (κ1) is 12.5. The van der Waals surface area contributed by atoms with E-state index in [2.05, 4.69) is 25.3 Å². The molecule has 3 nitrogen and oxygen atoms in total. The topological polar surface area (TPSA) is 21.7 Å². The minimum Gasteiger partial charge on any atom is -0.376 e. The largest absolute Gasteiger partial charge is 0.376 e. The second-order valence-electron chi connectivity index (χ2n) is 2.84. The van der Waals surface area contributed by atoms with E-state index < -0.39 is 0 Å². The van der Waals surface area contributed by atoms with E-state index in [4.69, 9.17) is 9.47 Å². The normalized spacial score (nSPS) is 10.5. The zero-order valence-corrected chi connectivity index (χ0v) is 9.17. The lowest BCUT2D eigenvalue weighted by Gasteiger charge is -2.25. The van der Waals surface area contributed by atoms with E-state index in [0.717, 1.165) is 25.2 Å². The summed E-state index contributed by atoms with van der Waals surface area (Å²) < 4.78 is 10.2. The van der Waals surface area contributed by atoms with Gasteiger partial charge in [-0.1, -0.05) is 6.58 Å². The molecule has 0 aliphatic heterocycles. The average molecular weight is 187 g/mol. The maximum atomic E-state index is 5.10. The Morgan fingerprint density at radius 1 is 1.23 bits per heavy atom. The molecule has 0 amide bonds. The molecule has 13 heavy (non-hydrogen) atoms. The molecule has 0 aromatic heterocycles. The zero-order valence-electron chi connectivity index (χ0n) is 9.17. The molecule has 0 aliphatic carbocycles. The molecule has 0 rings (SSSR count). The lowest BCUT2D eigenvalue weighted by Crippen LogP contribution is -2.25. The summed E-state index contributed by atoms with van der Waals surface area (Å²) in [5.41, 5.74) is 1.07. The number of hydrogen-bond donors (Lipinski definition) is 0. The molecule has 0 aliphatic rings. The van der Waals surface area contributed by atoms with Crippen LogP contribution < -0.4 is 0 Å². The SMILES string of the molecule is C=C(CC(OC)OC)N(CC)CC. The molecule has 0 bridgehead atoms. The first-order valence-electron chi connectivity index (χ1n) is 4.67. The van der Waals surface area contributed by atoms with E-state index in [1.165, 1.54) is 0 Å². The van der Waals surface area contributed by atoms with Crippen LogP contribution in [-0.4, -0.2) is 38.5 Å². The van der Waals surface area contributed by atoms with Gasteiger partial charge >= 0.3 is 0 Å². The van der Waals surface area contributed by atoms with Gasteiger partial charge in [0.1, 0.15) is 0 Å². The predicted octanol–water partition coefficient (Wildman–Crippen LogP) is 1.85. The van der Waals surface area contributed by atoms with Crippen molar-refractivity contribution in [2.24, 2.45) is 0 Å². The highest BCUT2D eigenvalue weighted by Crippen LogP contribution is 2.11. The Labute approximate surface area is 81.3 Å². The molecule has 78 valence electrons. The van der Waals surface area contributed by atoms with Gasteiger partial charge < -0.3 is 14.4 Å². The van der Waals surface area contributed by atoms with Crippen molar-refractivity contribution in [1.29, 1.82) is 0 Å². The van der Waals surface area contributed by atoms with Crippen LogP contribution in [0.1, 0.15) is 20.3 Å². The number of ether oxygens (including phenoxy) is 2. The number of hydrogen-bond acceptors (Lipinski definition) is 3. The lowest BCUT2D eigenvalue weighted by molar-refractivity contribution is -0.103. The van der Waals surface area contributed by atoms with Crippen molar-refractivity contribution >= 4 is 0 Å². The summed E-state index contributed by atoms with van der Waals surface area (Å²) in [4.78, 5) is 2.20. The average Bonchev–Trinajstić information content (AvgIpc) is 2.16. The maximum absolute atomic E-state index is 5.10. The molecule has 0 fully saturated rings. The molecule has 0 aromatic rings. The molecule has 3 heteroatoms. The highest BCUT2D eigenvalue weighted by atomic mass is 16.7. The second kappa shape index (κ2) is 6.92. The van der Waals surface area contributed by atoms with E-state index in [-0.39, 0.29) is 6.29 Å². The van der Waals surface area contributed by atoms with Gasteiger partial charge in [0.15, 0.2) is 6.29 Å². The van der Waals surface area contributed by atoms with E-state index in [9.17, 15) is 0 Å². The highest BCUT2D eigenvalue weighted by Gasteiger charge is 2.10. The van der Waals surface area contributed by atoms with Crippen LogP contribution in [0.25, 0.3) is 0 Å². The van der Waals surface area contributed by atoms with Crippen LogP contribution in [0.5, 0.6) is 0 Å². The maximum Gasteiger partial charge on any atom is 0.162 e. The van der Waals surface area contributed by atoms with Crippen LogP contribution in [0, 0.1) is 0 Å². The first-order valence-corrected chi connectivity index (χ1v) is 4.67. The van der Waals surface area contributed by atoms with Gasteiger partial charge in [-0.2, -0.15) is 0 Å². The zero-order chi connectivity index (χ0) is 10.3. The van der Waals surface area contributed by atoms with Gasteiger partial charge in [0.05, 0.1) is 0 Å². The van der Waals surface area contributed by atoms with E-state index in [0.29, 0.717) is 0 Å². The summed E-state index contributed by atoms with van der Waals surface area (Å²) in [5.74, 6) is 0. The van der Waals surface area contributed by atoms with Gasteiger partial charge in [-0.3, -0.25) is 0 Å². The Kier molecular flexibility index (Phi) is 6.63. The van der Waals surface area contributed by atoms with Crippen molar-refractivity contribution in [2.45, 2.75) is 26.6 Å². The fraction of sp³-hybridized carbons (Fsp3) is 0.800. The van der Waals surface area contributed by atoms with Gasteiger partial charge in [-0.25, -0.2) is 0 Å². The first-order chi connectivity index (χ1) is 6.19. The molecule has 0 unspecified atom stereocenters. The van der Waals surface area contributed by atoms with Crippen molar-refractivity contribution in [3.05, 3.63) is 12.3 Å². The lowest BCUT2D eigenvalue weighted by atomic mass is 10.3. The Morgan fingerprint density at radius 2 is 1.69 bits per heavy atom. The monoisotopic (exact) mass is 187 g/mol. The molecule has 0 radical (unpaired) electrons. The van der Waals surface area contributed by atoms with Gasteiger partial charge in [0, 0.05) is 39.4 Å². The van der Waals surface area contributed by atoms with Crippen LogP contribution in [0.3, 0.4) is 0 Å². The molecule has 0 atom stereocenters. The Hall–Kier alpha value is -0.540. The van der Waals surface area contributed by atoms with Crippen molar-refractivity contribution in [3.8, 4) is 0 Å². The molecule has 0 aromatic carbocycles. The predicted molar refractivity (Wildman–Crippen MR) is 54.5 cm³/mol. The minimum absolute atomic E-state index is 0.173. The van der Waals surface area contributed by atoms with Gasteiger partial charge in [0.25, 0.3) is 0 Å². The van der Waals surface area contributed by atoms with Crippen LogP contribution in [-0.2, 0) is 9.47 Å². The van der Waals surface area contributed by atoms with E-state index >= 15 is 0 Å². The Balaban J connectivity index is 3.95. The highest BCUT2D eigenvalue weighted by molar-refractivity contribution is 4.93. The summed E-state index contributed by atoms with van der Waals surface area (Å²) in [5, 5.41) is 0. The van der Waals surface area contributed by atoms with Crippen LogP contribution in [0.4, 0.5) is 0 Å². The molecule has 0 saturated heterocycles. The molecule has 0 N–H and O–H groups in total. The smallest absolute Gasteiger partial charge is 0.162 e. The fourth-order valence-electron chi connectivity index (χ4n) is 1.26. The molecule has 0 saturated carbocycles. The minimum atomic E-state index is -0.173. The van der Waals surface area contributed by atoms with Crippen molar-refractivity contribution in [2.75, 3.05) is 27.3 Å².